The number of hydrogen-bond donors (Lipinski definition) is 1. The topological polar surface area (TPSA) is 91.2 Å². The van der Waals surface area contributed by atoms with Gasteiger partial charge in [0.2, 0.25) is 11.8 Å². The van der Waals surface area contributed by atoms with Crippen molar-refractivity contribution in [3.63, 3.8) is 0 Å². The van der Waals surface area contributed by atoms with E-state index in [4.69, 9.17) is 9.47 Å². The molecule has 0 aliphatic rings. The van der Waals surface area contributed by atoms with Crippen molar-refractivity contribution in [3.05, 3.63) is 70.9 Å². The molecule has 0 aliphatic heterocycles. The molecule has 0 radical (unpaired) electrons. The zero-order chi connectivity index (χ0) is 24.2. The second kappa shape index (κ2) is 9.86. The summed E-state index contributed by atoms with van der Waals surface area (Å²) in [6.45, 7) is 4.14. The van der Waals surface area contributed by atoms with Crippen LogP contribution in [0.4, 0.5) is 4.39 Å². The Hall–Kier alpha value is -4.01. The van der Waals surface area contributed by atoms with E-state index in [0.29, 0.717) is 23.6 Å². The Balaban J connectivity index is 1.37. The number of amides is 1. The third-order valence-corrected chi connectivity index (χ3v) is 5.67. The molecule has 4 rings (SSSR count). The summed E-state index contributed by atoms with van der Waals surface area (Å²) in [6, 6.07) is 8.02. The van der Waals surface area contributed by atoms with E-state index in [2.05, 4.69) is 20.4 Å². The molecule has 0 spiro atoms. The van der Waals surface area contributed by atoms with E-state index in [1.54, 1.807) is 42.3 Å². The standard InChI is InChI=1S/C25H26FN5O3/c1-15-19(16(2)29-24-23(15)25(33-4)30-31(24)3)8-10-22(32)28-13-17-7-9-21(20(26)12-17)34-18-6-5-11-27-14-18/h5-7,9,11-12,14H,8,10,13H2,1-4H3,(H,28,32). The molecule has 176 valence electrons. The molecule has 1 N–H and O–H groups in total. The molecule has 1 amide bonds. The Labute approximate surface area is 196 Å². The van der Waals surface area contributed by atoms with Crippen LogP contribution in [0.1, 0.15) is 28.8 Å². The fraction of sp³-hybridized carbons (Fsp3) is 0.280. The quantitative estimate of drug-likeness (QED) is 0.422. The lowest BCUT2D eigenvalue weighted by Gasteiger charge is -2.12. The third kappa shape index (κ3) is 4.83. The van der Waals surface area contributed by atoms with Gasteiger partial charge in [0.1, 0.15) is 5.75 Å². The smallest absolute Gasteiger partial charge is 0.242 e. The number of hydrogen-bond acceptors (Lipinski definition) is 6. The second-order valence-electron chi connectivity index (χ2n) is 7.96. The highest BCUT2D eigenvalue weighted by atomic mass is 19.1. The van der Waals surface area contributed by atoms with Crippen LogP contribution in [0.3, 0.4) is 0 Å². The van der Waals surface area contributed by atoms with Crippen LogP contribution in [0.2, 0.25) is 0 Å². The van der Waals surface area contributed by atoms with Crippen LogP contribution in [0.5, 0.6) is 17.4 Å². The summed E-state index contributed by atoms with van der Waals surface area (Å²) in [7, 11) is 3.40. The van der Waals surface area contributed by atoms with E-state index in [-0.39, 0.29) is 24.6 Å². The van der Waals surface area contributed by atoms with Crippen molar-refractivity contribution in [1.82, 2.24) is 25.1 Å². The highest BCUT2D eigenvalue weighted by Crippen LogP contribution is 2.30. The molecule has 0 aliphatic carbocycles. The molecule has 34 heavy (non-hydrogen) atoms. The summed E-state index contributed by atoms with van der Waals surface area (Å²) in [4.78, 5) is 21.1. The number of aryl methyl sites for hydroxylation is 3. The zero-order valence-corrected chi connectivity index (χ0v) is 19.6. The maximum Gasteiger partial charge on any atom is 0.242 e. The predicted octanol–water partition coefficient (Wildman–Crippen LogP) is 4.17. The number of benzene rings is 1. The van der Waals surface area contributed by atoms with Crippen molar-refractivity contribution in [2.24, 2.45) is 7.05 Å². The largest absolute Gasteiger partial charge is 0.479 e. The van der Waals surface area contributed by atoms with Gasteiger partial charge in [0.05, 0.1) is 18.7 Å². The van der Waals surface area contributed by atoms with Crippen LogP contribution < -0.4 is 14.8 Å². The molecule has 1 aromatic carbocycles. The molecular weight excluding hydrogens is 437 g/mol. The molecular formula is C25H26FN5O3. The summed E-state index contributed by atoms with van der Waals surface area (Å²) in [6.07, 6.45) is 3.93. The van der Waals surface area contributed by atoms with Crippen molar-refractivity contribution < 1.29 is 18.7 Å². The first-order valence-electron chi connectivity index (χ1n) is 10.9. The summed E-state index contributed by atoms with van der Waals surface area (Å²) in [5.41, 5.74) is 4.25. The van der Waals surface area contributed by atoms with Gasteiger partial charge in [-0.05, 0) is 61.2 Å². The molecule has 8 nitrogen and oxygen atoms in total. The average Bonchev–Trinajstić information content (AvgIpc) is 3.15. The van der Waals surface area contributed by atoms with Crippen LogP contribution in [0.25, 0.3) is 11.0 Å². The van der Waals surface area contributed by atoms with Gasteiger partial charge in [0, 0.05) is 31.9 Å². The minimum Gasteiger partial charge on any atom is -0.479 e. The molecule has 0 unspecified atom stereocenters. The van der Waals surface area contributed by atoms with Gasteiger partial charge in [0.15, 0.2) is 17.2 Å². The molecule has 0 saturated heterocycles. The van der Waals surface area contributed by atoms with Crippen molar-refractivity contribution in [1.29, 1.82) is 0 Å². The van der Waals surface area contributed by atoms with Crippen LogP contribution in [0, 0.1) is 19.7 Å². The fourth-order valence-electron chi connectivity index (χ4n) is 3.91. The molecule has 9 heteroatoms. The zero-order valence-electron chi connectivity index (χ0n) is 19.6. The van der Waals surface area contributed by atoms with E-state index in [0.717, 1.165) is 27.9 Å². The van der Waals surface area contributed by atoms with E-state index in [9.17, 15) is 9.18 Å². The monoisotopic (exact) mass is 463 g/mol. The maximum atomic E-state index is 14.4. The highest BCUT2D eigenvalue weighted by molar-refractivity contribution is 5.86. The lowest BCUT2D eigenvalue weighted by atomic mass is 10.00. The Bertz CT molecular complexity index is 1340. The van der Waals surface area contributed by atoms with E-state index < -0.39 is 5.82 Å². The number of aromatic nitrogens is 4. The van der Waals surface area contributed by atoms with Crippen molar-refractivity contribution in [3.8, 4) is 17.4 Å². The van der Waals surface area contributed by atoms with Gasteiger partial charge >= 0.3 is 0 Å². The number of carbonyl (C=O) groups excluding carboxylic acids is 1. The minimum absolute atomic E-state index is 0.0998. The molecule has 0 bridgehead atoms. The number of rotatable bonds is 8. The first-order valence-corrected chi connectivity index (χ1v) is 10.9. The molecule has 0 fully saturated rings. The Morgan fingerprint density at radius 3 is 2.76 bits per heavy atom. The second-order valence-corrected chi connectivity index (χ2v) is 7.96. The first kappa shape index (κ1) is 23.2. The number of pyridine rings is 2. The van der Waals surface area contributed by atoms with Gasteiger partial charge in [0.25, 0.3) is 0 Å². The number of nitrogens with zero attached hydrogens (tertiary/aromatic N) is 4. The summed E-state index contributed by atoms with van der Waals surface area (Å²) in [5.74, 6) is 0.429. The number of fused-ring (bicyclic) bond motifs is 1. The lowest BCUT2D eigenvalue weighted by molar-refractivity contribution is -0.121. The van der Waals surface area contributed by atoms with Gasteiger partial charge < -0.3 is 14.8 Å². The Morgan fingerprint density at radius 1 is 1.24 bits per heavy atom. The van der Waals surface area contributed by atoms with Crippen molar-refractivity contribution >= 4 is 16.9 Å². The van der Waals surface area contributed by atoms with E-state index in [1.165, 1.54) is 12.3 Å². The number of ether oxygens (including phenoxy) is 2. The van der Waals surface area contributed by atoms with Gasteiger partial charge in [-0.25, -0.2) is 14.1 Å². The Morgan fingerprint density at radius 2 is 2.06 bits per heavy atom. The van der Waals surface area contributed by atoms with Crippen LogP contribution in [-0.4, -0.2) is 32.8 Å². The van der Waals surface area contributed by atoms with Crippen molar-refractivity contribution in [2.45, 2.75) is 33.2 Å². The fourth-order valence-corrected chi connectivity index (χ4v) is 3.91. The summed E-state index contributed by atoms with van der Waals surface area (Å²) < 4.78 is 27.0. The highest BCUT2D eigenvalue weighted by Gasteiger charge is 2.18. The molecule has 0 atom stereocenters. The van der Waals surface area contributed by atoms with Gasteiger partial charge in [-0.2, -0.15) is 0 Å². The van der Waals surface area contributed by atoms with Gasteiger partial charge in [-0.1, -0.05) is 6.07 Å². The number of methoxy groups -OCH3 is 1. The predicted molar refractivity (Wildman–Crippen MR) is 125 cm³/mol. The number of halogens is 1. The minimum atomic E-state index is -0.508. The lowest BCUT2D eigenvalue weighted by Crippen LogP contribution is -2.23. The molecule has 3 aromatic heterocycles. The van der Waals surface area contributed by atoms with Crippen LogP contribution in [-0.2, 0) is 24.8 Å². The summed E-state index contributed by atoms with van der Waals surface area (Å²) >= 11 is 0. The molecule has 3 heterocycles. The van der Waals surface area contributed by atoms with Gasteiger partial charge in [-0.3, -0.25) is 9.78 Å². The SMILES string of the molecule is COc1nn(C)c2nc(C)c(CCC(=O)NCc3ccc(Oc4cccnc4)c(F)c3)c(C)c12. The van der Waals surface area contributed by atoms with Crippen molar-refractivity contribution in [2.75, 3.05) is 7.11 Å². The summed E-state index contributed by atoms with van der Waals surface area (Å²) in [5, 5.41) is 8.06. The Kier molecular flexibility index (Phi) is 6.72. The van der Waals surface area contributed by atoms with Gasteiger partial charge in [-0.15, -0.1) is 5.10 Å². The first-order chi connectivity index (χ1) is 16.4. The maximum absolute atomic E-state index is 14.4. The number of nitrogens with one attached hydrogen (secondary N) is 1. The average molecular weight is 464 g/mol. The van der Waals surface area contributed by atoms with E-state index in [1.807, 2.05) is 20.9 Å². The van der Waals surface area contributed by atoms with Crippen LogP contribution in [0.15, 0.2) is 42.7 Å². The van der Waals surface area contributed by atoms with E-state index >= 15 is 0 Å². The normalized spacial score (nSPS) is 11.0. The number of carbonyl (C=O) groups is 1. The third-order valence-electron chi connectivity index (χ3n) is 5.67. The molecule has 0 saturated carbocycles. The van der Waals surface area contributed by atoms with Crippen LogP contribution >= 0.6 is 0 Å². The molecule has 4 aromatic rings.